The molecule has 20 heavy (non-hydrogen) atoms. The molecule has 0 heterocycles. The van der Waals surface area contributed by atoms with Gasteiger partial charge in [-0.15, -0.1) is 0 Å². The summed E-state index contributed by atoms with van der Waals surface area (Å²) in [5.41, 5.74) is 2.15. The maximum absolute atomic E-state index is 13.5. The van der Waals surface area contributed by atoms with Gasteiger partial charge in [0.1, 0.15) is 0 Å². The van der Waals surface area contributed by atoms with Gasteiger partial charge in [0.05, 0.1) is 0 Å². The van der Waals surface area contributed by atoms with Gasteiger partial charge in [-0.05, 0) is 29.7 Å². The Morgan fingerprint density at radius 2 is 1.55 bits per heavy atom. The Bertz CT molecular complexity index is 613. The fourth-order valence-electron chi connectivity index (χ4n) is 1.94. The monoisotopic (exact) mass is 276 g/mol. The van der Waals surface area contributed by atoms with Crippen LogP contribution in [0.25, 0.3) is 12.2 Å². The Morgan fingerprint density at radius 1 is 0.850 bits per heavy atom. The van der Waals surface area contributed by atoms with E-state index in [0.717, 1.165) is 24.5 Å². The van der Waals surface area contributed by atoms with Gasteiger partial charge in [0, 0.05) is 5.56 Å². The van der Waals surface area contributed by atoms with E-state index in [2.05, 4.69) is 6.92 Å². The summed E-state index contributed by atoms with van der Waals surface area (Å²) in [5.74, 6) is -3.78. The summed E-state index contributed by atoms with van der Waals surface area (Å²) in [6, 6.07) is 9.98. The van der Waals surface area contributed by atoms with Crippen LogP contribution in [0.3, 0.4) is 0 Å². The first-order valence-electron chi connectivity index (χ1n) is 6.52. The zero-order valence-corrected chi connectivity index (χ0v) is 11.2. The zero-order valence-electron chi connectivity index (χ0n) is 11.2. The van der Waals surface area contributed by atoms with Crippen molar-refractivity contribution in [3.63, 3.8) is 0 Å². The average Bonchev–Trinajstić information content (AvgIpc) is 2.46. The summed E-state index contributed by atoms with van der Waals surface area (Å²) in [4.78, 5) is 0. The molecule has 0 nitrogen and oxygen atoms in total. The Labute approximate surface area is 116 Å². The van der Waals surface area contributed by atoms with Crippen LogP contribution in [0.2, 0.25) is 0 Å². The highest BCUT2D eigenvalue weighted by molar-refractivity contribution is 5.69. The highest BCUT2D eigenvalue weighted by Crippen LogP contribution is 2.18. The van der Waals surface area contributed by atoms with Gasteiger partial charge in [-0.2, -0.15) is 0 Å². The largest absolute Gasteiger partial charge is 0.204 e. The van der Waals surface area contributed by atoms with Crippen molar-refractivity contribution >= 4 is 12.2 Å². The van der Waals surface area contributed by atoms with Gasteiger partial charge in [0.2, 0.25) is 0 Å². The predicted octanol–water partition coefficient (Wildman–Crippen LogP) is 5.23. The molecule has 0 radical (unpaired) electrons. The summed E-state index contributed by atoms with van der Waals surface area (Å²) in [6.07, 6.45) is 5.20. The molecule has 0 fully saturated rings. The number of rotatable bonds is 4. The van der Waals surface area contributed by atoms with Crippen LogP contribution in [0.15, 0.2) is 36.4 Å². The second kappa shape index (κ2) is 6.42. The lowest BCUT2D eigenvalue weighted by atomic mass is 10.1. The standard InChI is InChI=1S/C17H15F3/c1-2-3-12-4-6-13(7-5-12)8-9-14-10-11-15(18)17(20)16(14)19/h4-11H,2-3H2,1H3. The van der Waals surface area contributed by atoms with Gasteiger partial charge in [-0.25, -0.2) is 13.2 Å². The molecule has 0 aromatic heterocycles. The van der Waals surface area contributed by atoms with Crippen LogP contribution in [0.1, 0.15) is 30.0 Å². The fraction of sp³-hybridized carbons (Fsp3) is 0.176. The Balaban J connectivity index is 2.19. The van der Waals surface area contributed by atoms with Crippen molar-refractivity contribution in [1.82, 2.24) is 0 Å². The summed E-state index contributed by atoms with van der Waals surface area (Å²) in [5, 5.41) is 0. The van der Waals surface area contributed by atoms with Crippen LogP contribution in [-0.2, 0) is 6.42 Å². The molecule has 0 bridgehead atoms. The molecule has 2 rings (SSSR count). The lowest BCUT2D eigenvalue weighted by Crippen LogP contribution is -1.92. The maximum atomic E-state index is 13.5. The van der Waals surface area contributed by atoms with Crippen LogP contribution in [0.4, 0.5) is 13.2 Å². The molecule has 0 N–H and O–H groups in total. The first kappa shape index (κ1) is 14.4. The molecule has 0 aliphatic heterocycles. The van der Waals surface area contributed by atoms with Gasteiger partial charge in [0.25, 0.3) is 0 Å². The predicted molar refractivity (Wildman–Crippen MR) is 75.7 cm³/mol. The molecule has 0 saturated carbocycles. The van der Waals surface area contributed by atoms with E-state index in [9.17, 15) is 13.2 Å². The van der Waals surface area contributed by atoms with Crippen molar-refractivity contribution in [3.05, 3.63) is 70.5 Å². The number of hydrogen-bond donors (Lipinski definition) is 0. The minimum absolute atomic E-state index is 0.0292. The summed E-state index contributed by atoms with van der Waals surface area (Å²) < 4.78 is 39.3. The maximum Gasteiger partial charge on any atom is 0.195 e. The van der Waals surface area contributed by atoms with Gasteiger partial charge < -0.3 is 0 Å². The highest BCUT2D eigenvalue weighted by Gasteiger charge is 2.10. The minimum Gasteiger partial charge on any atom is -0.204 e. The number of benzene rings is 2. The normalized spacial score (nSPS) is 11.2. The number of hydrogen-bond acceptors (Lipinski definition) is 0. The second-order valence-electron chi connectivity index (χ2n) is 4.59. The van der Waals surface area contributed by atoms with Crippen LogP contribution < -0.4 is 0 Å². The van der Waals surface area contributed by atoms with Crippen molar-refractivity contribution in [2.75, 3.05) is 0 Å². The molecule has 0 aliphatic rings. The Kier molecular flexibility index (Phi) is 4.61. The topological polar surface area (TPSA) is 0 Å². The highest BCUT2D eigenvalue weighted by atomic mass is 19.2. The fourth-order valence-corrected chi connectivity index (χ4v) is 1.94. The van der Waals surface area contributed by atoms with Crippen molar-refractivity contribution in [3.8, 4) is 0 Å². The van der Waals surface area contributed by atoms with Crippen molar-refractivity contribution in [1.29, 1.82) is 0 Å². The average molecular weight is 276 g/mol. The van der Waals surface area contributed by atoms with E-state index in [0.29, 0.717) is 0 Å². The van der Waals surface area contributed by atoms with Crippen molar-refractivity contribution in [2.24, 2.45) is 0 Å². The molecule has 0 unspecified atom stereocenters. The molecule has 0 spiro atoms. The van der Waals surface area contributed by atoms with Crippen LogP contribution >= 0.6 is 0 Å². The van der Waals surface area contributed by atoms with Crippen molar-refractivity contribution < 1.29 is 13.2 Å². The summed E-state index contributed by atoms with van der Waals surface area (Å²) in [7, 11) is 0. The van der Waals surface area contributed by atoms with Gasteiger partial charge in [-0.1, -0.05) is 49.8 Å². The Morgan fingerprint density at radius 3 is 2.20 bits per heavy atom. The SMILES string of the molecule is CCCc1ccc(C=Cc2ccc(F)c(F)c2F)cc1. The van der Waals surface area contributed by atoms with E-state index >= 15 is 0 Å². The van der Waals surface area contributed by atoms with Crippen molar-refractivity contribution in [2.45, 2.75) is 19.8 Å². The molecule has 0 aliphatic carbocycles. The molecule has 0 saturated heterocycles. The molecule has 0 amide bonds. The molecule has 0 atom stereocenters. The first-order chi connectivity index (χ1) is 9.61. The Hall–Kier alpha value is -2.03. The third-order valence-electron chi connectivity index (χ3n) is 3.04. The molecule has 104 valence electrons. The van der Waals surface area contributed by atoms with Crippen LogP contribution in [-0.4, -0.2) is 0 Å². The van der Waals surface area contributed by atoms with Gasteiger partial charge in [-0.3, -0.25) is 0 Å². The van der Waals surface area contributed by atoms with E-state index < -0.39 is 17.5 Å². The van der Waals surface area contributed by atoms with Crippen LogP contribution in [0, 0.1) is 17.5 Å². The third kappa shape index (κ3) is 3.29. The van der Waals surface area contributed by atoms with E-state index in [1.54, 1.807) is 6.08 Å². The smallest absolute Gasteiger partial charge is 0.195 e. The van der Waals surface area contributed by atoms with E-state index in [1.807, 2.05) is 24.3 Å². The lowest BCUT2D eigenvalue weighted by Gasteiger charge is -2.01. The lowest BCUT2D eigenvalue weighted by molar-refractivity contribution is 0.446. The summed E-state index contributed by atoms with van der Waals surface area (Å²) in [6.45, 7) is 2.11. The van der Waals surface area contributed by atoms with Gasteiger partial charge >= 0.3 is 0 Å². The van der Waals surface area contributed by atoms with Crippen LogP contribution in [0.5, 0.6) is 0 Å². The zero-order chi connectivity index (χ0) is 14.5. The quantitative estimate of drug-likeness (QED) is 0.530. The second-order valence-corrected chi connectivity index (χ2v) is 4.59. The molecule has 2 aromatic carbocycles. The number of halogens is 3. The van der Waals surface area contributed by atoms with E-state index in [4.69, 9.17) is 0 Å². The van der Waals surface area contributed by atoms with E-state index in [1.165, 1.54) is 17.7 Å². The molecule has 3 heteroatoms. The molecular weight excluding hydrogens is 261 g/mol. The van der Waals surface area contributed by atoms with E-state index in [-0.39, 0.29) is 5.56 Å². The first-order valence-corrected chi connectivity index (χ1v) is 6.52. The molecular formula is C17H15F3. The number of aryl methyl sites for hydroxylation is 1. The minimum atomic E-state index is -1.44. The summed E-state index contributed by atoms with van der Waals surface area (Å²) >= 11 is 0. The molecule has 2 aromatic rings. The third-order valence-corrected chi connectivity index (χ3v) is 3.04. The van der Waals surface area contributed by atoms with Gasteiger partial charge in [0.15, 0.2) is 17.5 Å².